The van der Waals surface area contributed by atoms with Crippen LogP contribution in [0.25, 0.3) is 6.08 Å². The second kappa shape index (κ2) is 9.71. The van der Waals surface area contributed by atoms with Gasteiger partial charge in [-0.1, -0.05) is 35.9 Å². The van der Waals surface area contributed by atoms with Crippen LogP contribution >= 0.6 is 0 Å². The first kappa shape index (κ1) is 21.8. The molecule has 0 bridgehead atoms. The third kappa shape index (κ3) is 5.36. The van der Waals surface area contributed by atoms with Crippen LogP contribution in [-0.4, -0.2) is 24.1 Å². The number of benzene rings is 3. The van der Waals surface area contributed by atoms with E-state index in [-0.39, 0.29) is 33.6 Å². The number of para-hydroxylation sites is 1. The molecule has 7 heteroatoms. The number of nitrogens with zero attached hydrogens (tertiary/aromatic N) is 1. The molecule has 0 aliphatic carbocycles. The second-order valence-electron chi connectivity index (χ2n) is 6.65. The molecule has 0 unspecified atom stereocenters. The zero-order valence-electron chi connectivity index (χ0n) is 16.9. The zero-order chi connectivity index (χ0) is 22.4. The number of hydrogen-bond acceptors (Lipinski definition) is 7. The Morgan fingerprint density at radius 2 is 1.77 bits per heavy atom. The molecule has 0 radical (unpaired) electrons. The van der Waals surface area contributed by atoms with Crippen molar-refractivity contribution in [1.29, 1.82) is 0 Å². The van der Waals surface area contributed by atoms with E-state index in [1.165, 1.54) is 36.4 Å². The van der Waals surface area contributed by atoms with Gasteiger partial charge in [-0.2, -0.15) is 0 Å². The van der Waals surface area contributed by atoms with Gasteiger partial charge >= 0.3 is 5.97 Å². The maximum atomic E-state index is 12.9. The highest BCUT2D eigenvalue weighted by Crippen LogP contribution is 2.25. The molecule has 3 aromatic carbocycles. The fourth-order valence-electron chi connectivity index (χ4n) is 2.90. The predicted octanol–water partition coefficient (Wildman–Crippen LogP) is 4.81. The topological polar surface area (TPSA) is 99.1 Å². The van der Waals surface area contributed by atoms with Crippen LogP contribution in [0, 0.1) is 12.1 Å². The first-order valence-electron chi connectivity index (χ1n) is 9.33. The van der Waals surface area contributed by atoms with Gasteiger partial charge in [0.25, 0.3) is 0 Å². The summed E-state index contributed by atoms with van der Waals surface area (Å²) in [5.41, 5.74) is 1.69. The van der Waals surface area contributed by atoms with E-state index in [1.807, 2.05) is 25.1 Å². The lowest BCUT2D eigenvalue weighted by molar-refractivity contribution is 0.0733. The van der Waals surface area contributed by atoms with Crippen LogP contribution in [-0.2, 0) is 0 Å². The van der Waals surface area contributed by atoms with Crippen molar-refractivity contribution in [3.63, 3.8) is 0 Å². The molecule has 0 amide bonds. The Morgan fingerprint density at radius 1 is 1.00 bits per heavy atom. The van der Waals surface area contributed by atoms with Crippen molar-refractivity contribution in [2.75, 3.05) is 12.3 Å². The van der Waals surface area contributed by atoms with E-state index < -0.39 is 5.97 Å². The van der Waals surface area contributed by atoms with E-state index in [9.17, 15) is 14.8 Å². The molecule has 0 heterocycles. The molecule has 3 aromatic rings. The van der Waals surface area contributed by atoms with Crippen LogP contribution in [0.1, 0.15) is 31.8 Å². The number of esters is 1. The number of ketones is 1. The maximum Gasteiger partial charge on any atom is 0.343 e. The lowest BCUT2D eigenvalue weighted by Crippen LogP contribution is -2.13. The van der Waals surface area contributed by atoms with Crippen molar-refractivity contribution in [3.05, 3.63) is 100 Å². The molecule has 7 nitrogen and oxygen atoms in total. The fourth-order valence-corrected chi connectivity index (χ4v) is 2.90. The lowest BCUT2D eigenvalue weighted by atomic mass is 10.0. The summed E-state index contributed by atoms with van der Waals surface area (Å²) in [6.45, 7) is 1.82. The lowest BCUT2D eigenvalue weighted by Gasteiger charge is -2.21. The summed E-state index contributed by atoms with van der Waals surface area (Å²) >= 11 is 0. The highest BCUT2D eigenvalue weighted by Gasteiger charge is 2.16. The summed E-state index contributed by atoms with van der Waals surface area (Å²) in [4.78, 5) is 25.4. The quantitative estimate of drug-likeness (QED) is 0.193. The summed E-state index contributed by atoms with van der Waals surface area (Å²) in [5, 5.41) is 19.7. The predicted molar refractivity (Wildman–Crippen MR) is 117 cm³/mol. The molecule has 0 fully saturated rings. The molecule has 0 aliphatic rings. The van der Waals surface area contributed by atoms with Crippen molar-refractivity contribution in [1.82, 2.24) is 0 Å². The number of carbonyl (C=O) groups excluding carboxylic acids is 2. The molecule has 158 valence electrons. The van der Waals surface area contributed by atoms with E-state index in [1.54, 1.807) is 31.4 Å². The molecule has 0 saturated heterocycles. The summed E-state index contributed by atoms with van der Waals surface area (Å²) in [7, 11) is 1.55. The number of allylic oxidation sites excluding steroid dienone is 1. The minimum atomic E-state index is -0.768. The average molecular weight is 418 g/mol. The van der Waals surface area contributed by atoms with E-state index >= 15 is 0 Å². The van der Waals surface area contributed by atoms with Crippen LogP contribution in [0.2, 0.25) is 0 Å². The van der Waals surface area contributed by atoms with Gasteiger partial charge in [0.2, 0.25) is 0 Å². The molecule has 0 saturated carbocycles. The average Bonchev–Trinajstić information content (AvgIpc) is 2.78. The van der Waals surface area contributed by atoms with Crippen LogP contribution < -0.4 is 14.7 Å². The SMILES string of the molecule is COc1ccccc1C=CC(=O)c1cc(C)ccc1OC(=O)c1cccc(N([O-])O)c1. The molecule has 3 rings (SSSR count). The smallest absolute Gasteiger partial charge is 0.343 e. The van der Waals surface area contributed by atoms with Crippen LogP contribution in [0.15, 0.2) is 72.8 Å². The van der Waals surface area contributed by atoms with Crippen molar-refractivity contribution < 1.29 is 24.3 Å². The molecule has 0 spiro atoms. The van der Waals surface area contributed by atoms with Crippen LogP contribution in [0.5, 0.6) is 11.5 Å². The van der Waals surface area contributed by atoms with E-state index in [0.717, 1.165) is 11.1 Å². The summed E-state index contributed by atoms with van der Waals surface area (Å²) < 4.78 is 10.7. The highest BCUT2D eigenvalue weighted by molar-refractivity contribution is 6.09. The van der Waals surface area contributed by atoms with Gasteiger partial charge in [0.1, 0.15) is 11.5 Å². The third-order valence-corrected chi connectivity index (χ3v) is 4.46. The highest BCUT2D eigenvalue weighted by atomic mass is 16.8. The summed E-state index contributed by atoms with van der Waals surface area (Å²) in [6, 6.07) is 17.5. The Labute approximate surface area is 179 Å². The Balaban J connectivity index is 1.87. The largest absolute Gasteiger partial charge is 0.733 e. The van der Waals surface area contributed by atoms with E-state index in [4.69, 9.17) is 14.7 Å². The standard InChI is InChI=1S/C24H20NO6/c1-16-10-13-23(31-24(27)18-7-5-8-19(15-18)25(28)29)20(14-16)21(26)12-11-17-6-3-4-9-22(17)30-2/h3-15,28H,1-2H3/q-1. The van der Waals surface area contributed by atoms with Gasteiger partial charge < -0.3 is 19.9 Å². The second-order valence-corrected chi connectivity index (χ2v) is 6.65. The molecular formula is C24H20NO6-. The van der Waals surface area contributed by atoms with Gasteiger partial charge in [0.05, 0.1) is 23.9 Å². The number of anilines is 1. The van der Waals surface area contributed by atoms with Crippen LogP contribution in [0.4, 0.5) is 5.69 Å². The number of rotatable bonds is 7. The van der Waals surface area contributed by atoms with Gasteiger partial charge in [-0.3, -0.25) is 10.0 Å². The Bertz CT molecular complexity index is 1140. The van der Waals surface area contributed by atoms with Gasteiger partial charge in [-0.05, 0) is 55.5 Å². The number of carbonyl (C=O) groups is 2. The third-order valence-electron chi connectivity index (χ3n) is 4.46. The van der Waals surface area contributed by atoms with Crippen molar-refractivity contribution in [3.8, 4) is 11.5 Å². The molecule has 31 heavy (non-hydrogen) atoms. The number of hydrogen-bond donors (Lipinski definition) is 1. The van der Waals surface area contributed by atoms with Gasteiger partial charge in [-0.15, -0.1) is 0 Å². The van der Waals surface area contributed by atoms with Crippen molar-refractivity contribution in [2.45, 2.75) is 6.92 Å². The number of methoxy groups -OCH3 is 1. The van der Waals surface area contributed by atoms with Gasteiger partial charge in [0, 0.05) is 5.56 Å². The minimum absolute atomic E-state index is 0.0518. The van der Waals surface area contributed by atoms with Gasteiger partial charge in [0.15, 0.2) is 5.78 Å². The fraction of sp³-hybridized carbons (Fsp3) is 0.0833. The molecule has 0 atom stereocenters. The summed E-state index contributed by atoms with van der Waals surface area (Å²) in [6.07, 6.45) is 3.01. The van der Waals surface area contributed by atoms with Gasteiger partial charge in [-0.25, -0.2) is 4.79 Å². The first-order chi connectivity index (χ1) is 14.9. The Morgan fingerprint density at radius 3 is 2.52 bits per heavy atom. The molecule has 0 aromatic heterocycles. The monoisotopic (exact) mass is 418 g/mol. The molecule has 0 aliphatic heterocycles. The molecular weight excluding hydrogens is 398 g/mol. The van der Waals surface area contributed by atoms with E-state index in [2.05, 4.69) is 0 Å². The number of aryl methyl sites for hydroxylation is 1. The van der Waals surface area contributed by atoms with Crippen molar-refractivity contribution >= 4 is 23.5 Å². The Hall–Kier alpha value is -3.94. The normalized spacial score (nSPS) is 10.7. The Kier molecular flexibility index (Phi) is 6.81. The number of ether oxygens (including phenoxy) is 2. The van der Waals surface area contributed by atoms with E-state index in [0.29, 0.717) is 5.75 Å². The minimum Gasteiger partial charge on any atom is -0.733 e. The molecule has 1 N–H and O–H groups in total. The zero-order valence-corrected chi connectivity index (χ0v) is 16.9. The van der Waals surface area contributed by atoms with Crippen molar-refractivity contribution in [2.24, 2.45) is 0 Å². The summed E-state index contributed by atoms with van der Waals surface area (Å²) in [5.74, 6) is -0.417. The maximum absolute atomic E-state index is 12.9. The van der Waals surface area contributed by atoms with Crippen LogP contribution in [0.3, 0.4) is 0 Å². The first-order valence-corrected chi connectivity index (χ1v) is 9.33.